The van der Waals surface area contributed by atoms with E-state index in [-0.39, 0.29) is 31.1 Å². The number of esters is 3. The smallest absolute Gasteiger partial charge is 0.306 e. The van der Waals surface area contributed by atoms with Crippen LogP contribution in [0, 0.1) is 0 Å². The summed E-state index contributed by atoms with van der Waals surface area (Å²) in [4.78, 5) is 38.3. The molecule has 77 heavy (non-hydrogen) atoms. The predicted molar refractivity (Wildman–Crippen MR) is 335 cm³/mol. The number of ether oxygens (including phenoxy) is 3. The van der Waals surface area contributed by atoms with Gasteiger partial charge in [-0.1, -0.05) is 320 Å². The lowest BCUT2D eigenvalue weighted by atomic mass is 10.0. The molecule has 0 rings (SSSR count). The van der Waals surface area contributed by atoms with Crippen LogP contribution in [-0.2, 0) is 28.6 Å². The maximum Gasteiger partial charge on any atom is 0.306 e. The topological polar surface area (TPSA) is 78.9 Å². The minimum Gasteiger partial charge on any atom is -0.462 e. The number of hydrogen-bond acceptors (Lipinski definition) is 6. The van der Waals surface area contributed by atoms with Crippen LogP contribution in [-0.4, -0.2) is 37.2 Å². The third-order valence-electron chi connectivity index (χ3n) is 15.3. The SMILES string of the molecule is CCCC/C=C\CCCCCCCC(=O)OCC(COC(=O)CCCCCCCCCCCCCCCCCC/C=C\C/C=C\C/C=C\CCCCCCC)OC(=O)CCCCCCCCCCCCCCCCCCC. The van der Waals surface area contributed by atoms with Crippen LogP contribution >= 0.6 is 0 Å². The number of unbranched alkanes of at least 4 members (excludes halogenated alkanes) is 44. The summed E-state index contributed by atoms with van der Waals surface area (Å²) in [5.41, 5.74) is 0. The molecule has 0 bridgehead atoms. The van der Waals surface area contributed by atoms with Gasteiger partial charge in [-0.2, -0.15) is 0 Å². The highest BCUT2D eigenvalue weighted by Gasteiger charge is 2.19. The molecule has 0 aliphatic carbocycles. The van der Waals surface area contributed by atoms with E-state index in [1.54, 1.807) is 0 Å². The standard InChI is InChI=1S/C71H130O6/c1-4-7-10-13-16-19-22-24-26-28-29-30-31-32-33-34-35-36-37-38-39-40-41-43-44-46-49-52-55-58-61-64-70(73)76-67-68(66-75-69(72)63-60-57-54-51-48-21-18-15-12-9-6-3)77-71(74)65-62-59-56-53-50-47-45-42-27-25-23-20-17-14-11-8-5-2/h15,18,22,24,28-29,31-32,68H,4-14,16-17,19-21,23,25-27,30,33-67H2,1-3H3/b18-15-,24-22-,29-28-,32-31-. The number of rotatable bonds is 63. The molecule has 0 aliphatic heterocycles. The fourth-order valence-corrected chi connectivity index (χ4v) is 10.1. The van der Waals surface area contributed by atoms with Crippen LogP contribution in [0.5, 0.6) is 0 Å². The molecule has 1 atom stereocenters. The van der Waals surface area contributed by atoms with Crippen molar-refractivity contribution in [1.29, 1.82) is 0 Å². The highest BCUT2D eigenvalue weighted by molar-refractivity contribution is 5.71. The van der Waals surface area contributed by atoms with E-state index < -0.39 is 6.10 Å². The van der Waals surface area contributed by atoms with E-state index in [2.05, 4.69) is 69.4 Å². The molecular formula is C71H130O6. The molecule has 0 saturated carbocycles. The van der Waals surface area contributed by atoms with E-state index in [0.29, 0.717) is 19.3 Å². The monoisotopic (exact) mass is 1080 g/mol. The van der Waals surface area contributed by atoms with Gasteiger partial charge in [0.25, 0.3) is 0 Å². The molecule has 450 valence electrons. The van der Waals surface area contributed by atoms with E-state index in [1.807, 2.05) is 0 Å². The van der Waals surface area contributed by atoms with Crippen LogP contribution in [0.4, 0.5) is 0 Å². The van der Waals surface area contributed by atoms with Gasteiger partial charge >= 0.3 is 17.9 Å². The van der Waals surface area contributed by atoms with Crippen LogP contribution in [0.3, 0.4) is 0 Å². The molecule has 0 amide bonds. The molecule has 0 aromatic heterocycles. The Morgan fingerprint density at radius 2 is 0.481 bits per heavy atom. The van der Waals surface area contributed by atoms with Crippen molar-refractivity contribution in [3.8, 4) is 0 Å². The first-order valence-corrected chi connectivity index (χ1v) is 34.1. The van der Waals surface area contributed by atoms with Gasteiger partial charge in [-0.05, 0) is 77.0 Å². The van der Waals surface area contributed by atoms with Crippen molar-refractivity contribution < 1.29 is 28.6 Å². The van der Waals surface area contributed by atoms with Crippen molar-refractivity contribution in [3.05, 3.63) is 48.6 Å². The summed E-state index contributed by atoms with van der Waals surface area (Å²) in [5.74, 6) is -0.858. The maximum absolute atomic E-state index is 12.9. The molecule has 0 aliphatic rings. The molecule has 0 N–H and O–H groups in total. The van der Waals surface area contributed by atoms with Gasteiger partial charge in [-0.15, -0.1) is 0 Å². The Hall–Kier alpha value is -2.63. The number of allylic oxidation sites excluding steroid dienone is 8. The third kappa shape index (κ3) is 64.1. The lowest BCUT2D eigenvalue weighted by Crippen LogP contribution is -2.30. The van der Waals surface area contributed by atoms with Gasteiger partial charge in [0, 0.05) is 19.3 Å². The normalized spacial score (nSPS) is 12.3. The first-order valence-electron chi connectivity index (χ1n) is 34.1. The zero-order chi connectivity index (χ0) is 55.7. The molecule has 0 saturated heterocycles. The second kappa shape index (κ2) is 65.9. The minimum atomic E-state index is -0.773. The number of hydrogen-bond donors (Lipinski definition) is 0. The van der Waals surface area contributed by atoms with Gasteiger partial charge in [0.1, 0.15) is 13.2 Å². The van der Waals surface area contributed by atoms with Gasteiger partial charge in [0.15, 0.2) is 6.10 Å². The lowest BCUT2D eigenvalue weighted by Gasteiger charge is -2.18. The largest absolute Gasteiger partial charge is 0.462 e. The number of carbonyl (C=O) groups is 3. The molecular weight excluding hydrogens is 949 g/mol. The fourth-order valence-electron chi connectivity index (χ4n) is 10.1. The average molecular weight is 1080 g/mol. The Bertz CT molecular complexity index is 1330. The molecule has 0 heterocycles. The van der Waals surface area contributed by atoms with Gasteiger partial charge in [-0.3, -0.25) is 14.4 Å². The lowest BCUT2D eigenvalue weighted by molar-refractivity contribution is -0.167. The van der Waals surface area contributed by atoms with Crippen molar-refractivity contribution in [2.24, 2.45) is 0 Å². The Morgan fingerprint density at radius 3 is 0.779 bits per heavy atom. The zero-order valence-electron chi connectivity index (χ0n) is 51.7. The molecule has 0 radical (unpaired) electrons. The van der Waals surface area contributed by atoms with Crippen molar-refractivity contribution in [2.75, 3.05) is 13.2 Å². The van der Waals surface area contributed by atoms with E-state index in [9.17, 15) is 14.4 Å². The highest BCUT2D eigenvalue weighted by Crippen LogP contribution is 2.18. The Balaban J connectivity index is 4.12. The van der Waals surface area contributed by atoms with Crippen molar-refractivity contribution in [3.63, 3.8) is 0 Å². The molecule has 0 spiro atoms. The summed E-state index contributed by atoms with van der Waals surface area (Å²) in [7, 11) is 0. The van der Waals surface area contributed by atoms with Crippen molar-refractivity contribution in [2.45, 2.75) is 374 Å². The fraction of sp³-hybridized carbons (Fsp3) is 0.845. The number of carbonyl (C=O) groups excluding carboxylic acids is 3. The van der Waals surface area contributed by atoms with E-state index >= 15 is 0 Å². The molecule has 1 unspecified atom stereocenters. The Labute approximate surface area is 479 Å². The van der Waals surface area contributed by atoms with Gasteiger partial charge in [0.05, 0.1) is 0 Å². The summed E-state index contributed by atoms with van der Waals surface area (Å²) in [5, 5.41) is 0. The van der Waals surface area contributed by atoms with E-state index in [4.69, 9.17) is 14.2 Å². The van der Waals surface area contributed by atoms with Crippen LogP contribution in [0.15, 0.2) is 48.6 Å². The highest BCUT2D eigenvalue weighted by atomic mass is 16.6. The summed E-state index contributed by atoms with van der Waals surface area (Å²) in [6.07, 6.45) is 82.9. The van der Waals surface area contributed by atoms with Gasteiger partial charge in [0.2, 0.25) is 0 Å². The summed E-state index contributed by atoms with van der Waals surface area (Å²) >= 11 is 0. The molecule has 0 aromatic rings. The molecule has 0 aromatic carbocycles. The Kier molecular flexibility index (Phi) is 63.6. The van der Waals surface area contributed by atoms with Crippen LogP contribution in [0.25, 0.3) is 0 Å². The third-order valence-corrected chi connectivity index (χ3v) is 15.3. The minimum absolute atomic E-state index is 0.0708. The second-order valence-electron chi connectivity index (χ2n) is 23.1. The molecule has 6 nitrogen and oxygen atoms in total. The summed E-state index contributed by atoms with van der Waals surface area (Å²) in [6.45, 7) is 6.64. The van der Waals surface area contributed by atoms with Crippen LogP contribution < -0.4 is 0 Å². The van der Waals surface area contributed by atoms with Crippen molar-refractivity contribution >= 4 is 17.9 Å². The quantitative estimate of drug-likeness (QED) is 0.0261. The summed E-state index contributed by atoms with van der Waals surface area (Å²) < 4.78 is 16.9. The van der Waals surface area contributed by atoms with Crippen LogP contribution in [0.2, 0.25) is 0 Å². The first kappa shape index (κ1) is 74.4. The molecule has 6 heteroatoms. The first-order chi connectivity index (χ1) is 38.0. The summed E-state index contributed by atoms with van der Waals surface area (Å²) in [6, 6.07) is 0. The maximum atomic E-state index is 12.9. The predicted octanol–water partition coefficient (Wildman–Crippen LogP) is 23.3. The Morgan fingerprint density at radius 1 is 0.260 bits per heavy atom. The van der Waals surface area contributed by atoms with Gasteiger partial charge < -0.3 is 14.2 Å². The van der Waals surface area contributed by atoms with E-state index in [0.717, 1.165) is 77.0 Å². The molecule has 0 fully saturated rings. The zero-order valence-corrected chi connectivity index (χ0v) is 51.7. The second-order valence-corrected chi connectivity index (χ2v) is 23.1. The van der Waals surface area contributed by atoms with Crippen LogP contribution in [0.1, 0.15) is 367 Å². The van der Waals surface area contributed by atoms with E-state index in [1.165, 1.54) is 250 Å². The van der Waals surface area contributed by atoms with Gasteiger partial charge in [-0.25, -0.2) is 0 Å². The average Bonchev–Trinajstić information content (AvgIpc) is 3.43. The van der Waals surface area contributed by atoms with Crippen molar-refractivity contribution in [1.82, 2.24) is 0 Å².